The summed E-state index contributed by atoms with van der Waals surface area (Å²) >= 11 is 14.5. The van der Waals surface area contributed by atoms with Gasteiger partial charge in [-0.05, 0) is 73.7 Å². The molecule has 0 atom stereocenters. The molecule has 0 spiro atoms. The highest BCUT2D eigenvalue weighted by Crippen LogP contribution is 2.38. The maximum atomic E-state index is 14.3. The molecule has 1 aliphatic carbocycles. The molecule has 0 bridgehead atoms. The number of benzene rings is 3. The largest absolute Gasteiger partial charge is 0.496 e. The summed E-state index contributed by atoms with van der Waals surface area (Å²) in [4.78, 5) is 28.5. The fraction of sp³-hybridized carbons (Fsp3) is 0.312. The lowest BCUT2D eigenvalue weighted by molar-refractivity contribution is 0.0589. The number of carbonyl (C=O) groups is 2. The van der Waals surface area contributed by atoms with Gasteiger partial charge in [-0.25, -0.2) is 4.42 Å². The molecule has 208 valence electrons. The molecular weight excluding hydrogens is 563 g/mol. The van der Waals surface area contributed by atoms with Gasteiger partial charge in [-0.3, -0.25) is 9.59 Å². The minimum Gasteiger partial charge on any atom is -0.496 e. The highest BCUT2D eigenvalue weighted by Gasteiger charge is 2.33. The lowest BCUT2D eigenvalue weighted by Crippen LogP contribution is -2.44. The first-order valence-electron chi connectivity index (χ1n) is 13.4. The number of halogens is 2. The molecule has 0 saturated heterocycles. The number of Topliss-reactive ketones (excluding diaryl/α,β-unsaturated/α-hetero) is 1. The molecule has 4 aromatic rings. The van der Waals surface area contributed by atoms with Crippen LogP contribution in [0.3, 0.4) is 0 Å². The number of hydrogen-bond donors (Lipinski definition) is 0. The molecule has 3 aromatic carbocycles. The van der Waals surface area contributed by atoms with Crippen molar-refractivity contribution in [2.75, 3.05) is 14.2 Å². The summed E-state index contributed by atoms with van der Waals surface area (Å²) in [5.74, 6) is 0.691. The summed E-state index contributed by atoms with van der Waals surface area (Å²) in [5, 5.41) is 1.41. The van der Waals surface area contributed by atoms with Crippen molar-refractivity contribution < 1.29 is 14.3 Å². The molecule has 1 aromatic heterocycles. The van der Waals surface area contributed by atoms with Crippen LogP contribution in [0.1, 0.15) is 58.2 Å². The smallest absolute Gasteiger partial charge is 0.266 e. The third kappa shape index (κ3) is 5.91. The van der Waals surface area contributed by atoms with Crippen LogP contribution in [0, 0.1) is 0 Å². The second-order valence-electron chi connectivity index (χ2n) is 10.3. The number of carbonyl (C=O) groups excluding carboxylic acids is 2. The van der Waals surface area contributed by atoms with E-state index in [4.69, 9.17) is 28.1 Å². The Morgan fingerprint density at radius 2 is 1.60 bits per heavy atom. The Kier molecular flexibility index (Phi) is 8.81. The van der Waals surface area contributed by atoms with E-state index in [1.54, 1.807) is 18.5 Å². The molecule has 1 aliphatic rings. The molecule has 5 rings (SSSR count). The van der Waals surface area contributed by atoms with Crippen molar-refractivity contribution >= 4 is 56.5 Å². The van der Waals surface area contributed by atoms with Crippen LogP contribution in [-0.4, -0.2) is 47.3 Å². The molecule has 0 radical (unpaired) electrons. The highest BCUT2D eigenvalue weighted by atomic mass is 35.5. The van der Waals surface area contributed by atoms with Gasteiger partial charge in [0.2, 0.25) is 0 Å². The fourth-order valence-electron chi connectivity index (χ4n) is 5.54. The van der Waals surface area contributed by atoms with Crippen LogP contribution < -0.4 is 4.74 Å². The number of rotatable bonds is 8. The minimum atomic E-state index is -0.0628. The molecule has 1 saturated carbocycles. The lowest BCUT2D eigenvalue weighted by Gasteiger charge is -2.38. The first-order valence-corrected chi connectivity index (χ1v) is 14.9. The van der Waals surface area contributed by atoms with Crippen molar-refractivity contribution in [3.63, 3.8) is 0 Å². The third-order valence-electron chi connectivity index (χ3n) is 7.85. The zero-order valence-corrected chi connectivity index (χ0v) is 25.2. The number of nitrogens with zero attached hydrogens (tertiary/aromatic N) is 2. The molecule has 0 aliphatic heterocycles. The van der Waals surface area contributed by atoms with Crippen molar-refractivity contribution in [1.29, 1.82) is 0 Å². The van der Waals surface area contributed by atoms with E-state index in [-0.39, 0.29) is 17.7 Å². The predicted octanol–water partition coefficient (Wildman–Crippen LogP) is 8.47. The van der Waals surface area contributed by atoms with Gasteiger partial charge in [0, 0.05) is 46.9 Å². The van der Waals surface area contributed by atoms with Gasteiger partial charge in [0.1, 0.15) is 10.6 Å². The Hall–Kier alpha value is -2.90. The van der Waals surface area contributed by atoms with E-state index >= 15 is 0 Å². The van der Waals surface area contributed by atoms with Crippen molar-refractivity contribution in [2.24, 2.45) is 0 Å². The van der Waals surface area contributed by atoms with Gasteiger partial charge < -0.3 is 9.64 Å². The van der Waals surface area contributed by atoms with Gasteiger partial charge in [0.05, 0.1) is 12.1 Å². The van der Waals surface area contributed by atoms with Crippen LogP contribution in [0.25, 0.3) is 21.2 Å². The van der Waals surface area contributed by atoms with E-state index in [0.29, 0.717) is 28.0 Å². The first kappa shape index (κ1) is 28.6. The van der Waals surface area contributed by atoms with Gasteiger partial charge in [0.15, 0.2) is 5.78 Å². The molecule has 5 nitrogen and oxygen atoms in total. The summed E-state index contributed by atoms with van der Waals surface area (Å²) in [6, 6.07) is 21.8. The Morgan fingerprint density at radius 1 is 0.950 bits per heavy atom. The molecular formula is C32H32Cl2N2O3S. The standard InChI is InChI=1S/C32H32Cl2N2O3S/c1-20(37)21-8-10-22(11-9-21)23-12-17-28(39-3)24(18-23)19-36(26-15-13-25(14-16-26)35(2)34)32(38)31-30(33)27-6-4-5-7-29(27)40-31/h4-12,17-18,25-26H,13-16,19H2,1-3H3/t25-,26-. The molecule has 1 amide bonds. The Balaban J connectivity index is 1.51. The topological polar surface area (TPSA) is 49.9 Å². The number of ketones is 1. The minimum absolute atomic E-state index is 0.0334. The quantitative estimate of drug-likeness (QED) is 0.152. The SMILES string of the molecule is COc1ccc(-c2ccc(C(C)=O)cc2)cc1CN(C(=O)c1sc2ccccc2c1Cl)[C@H]1CC[C@H](N(C)Cl)CC1. The number of amides is 1. The van der Waals surface area contributed by atoms with E-state index in [9.17, 15) is 9.59 Å². The van der Waals surface area contributed by atoms with E-state index in [1.165, 1.54) is 11.3 Å². The summed E-state index contributed by atoms with van der Waals surface area (Å²) in [6.45, 7) is 1.95. The molecule has 1 fully saturated rings. The highest BCUT2D eigenvalue weighted by molar-refractivity contribution is 7.21. The average molecular weight is 596 g/mol. The van der Waals surface area contributed by atoms with Crippen LogP contribution in [0.2, 0.25) is 5.02 Å². The van der Waals surface area contributed by atoms with Crippen LogP contribution in [0.5, 0.6) is 5.75 Å². The monoisotopic (exact) mass is 594 g/mol. The van der Waals surface area contributed by atoms with Gasteiger partial charge in [-0.2, -0.15) is 0 Å². The maximum Gasteiger partial charge on any atom is 0.266 e. The maximum absolute atomic E-state index is 14.3. The molecule has 1 heterocycles. The molecule has 8 heteroatoms. The van der Waals surface area contributed by atoms with Gasteiger partial charge in [-0.15, -0.1) is 11.3 Å². The lowest BCUT2D eigenvalue weighted by atomic mass is 9.89. The molecule has 40 heavy (non-hydrogen) atoms. The molecule has 0 unspecified atom stereocenters. The zero-order chi connectivity index (χ0) is 28.4. The number of fused-ring (bicyclic) bond motifs is 1. The summed E-state index contributed by atoms with van der Waals surface area (Å²) in [5.41, 5.74) is 3.57. The normalized spacial score (nSPS) is 17.2. The van der Waals surface area contributed by atoms with Crippen molar-refractivity contribution in [2.45, 2.75) is 51.2 Å². The predicted molar refractivity (Wildman–Crippen MR) is 165 cm³/mol. The van der Waals surface area contributed by atoms with Crippen LogP contribution >= 0.6 is 34.7 Å². The number of methoxy groups -OCH3 is 1. The second-order valence-corrected chi connectivity index (χ2v) is 12.3. The summed E-state index contributed by atoms with van der Waals surface area (Å²) in [6.07, 6.45) is 3.53. The van der Waals surface area contributed by atoms with E-state index in [2.05, 4.69) is 6.07 Å². The summed E-state index contributed by atoms with van der Waals surface area (Å²) in [7, 11) is 3.54. The van der Waals surface area contributed by atoms with Crippen molar-refractivity contribution in [3.05, 3.63) is 87.8 Å². The second kappa shape index (κ2) is 12.3. The molecule has 0 N–H and O–H groups in total. The van der Waals surface area contributed by atoms with Gasteiger partial charge in [-0.1, -0.05) is 60.1 Å². The fourth-order valence-corrected chi connectivity index (χ4v) is 7.20. The third-order valence-corrected chi connectivity index (χ3v) is 9.79. The Bertz CT molecular complexity index is 1530. The van der Waals surface area contributed by atoms with E-state index < -0.39 is 0 Å². The van der Waals surface area contributed by atoms with E-state index in [1.807, 2.05) is 72.6 Å². The Morgan fingerprint density at radius 3 is 2.23 bits per heavy atom. The number of thiophene rings is 1. The van der Waals surface area contributed by atoms with Crippen molar-refractivity contribution in [1.82, 2.24) is 9.32 Å². The summed E-state index contributed by atoms with van der Waals surface area (Å²) < 4.78 is 8.51. The van der Waals surface area contributed by atoms with Crippen molar-refractivity contribution in [3.8, 4) is 16.9 Å². The van der Waals surface area contributed by atoms with E-state index in [0.717, 1.165) is 58.2 Å². The van der Waals surface area contributed by atoms with Gasteiger partial charge >= 0.3 is 0 Å². The number of ether oxygens (including phenoxy) is 1. The van der Waals surface area contributed by atoms with Crippen LogP contribution in [0.4, 0.5) is 0 Å². The number of hydrogen-bond acceptors (Lipinski definition) is 5. The average Bonchev–Trinajstić information content (AvgIpc) is 3.31. The van der Waals surface area contributed by atoms with Crippen LogP contribution in [-0.2, 0) is 6.54 Å². The Labute approximate surface area is 249 Å². The zero-order valence-electron chi connectivity index (χ0n) is 22.8. The van der Waals surface area contributed by atoms with Crippen LogP contribution in [0.15, 0.2) is 66.7 Å². The van der Waals surface area contributed by atoms with Gasteiger partial charge in [0.25, 0.3) is 5.91 Å². The first-order chi connectivity index (χ1) is 19.3.